The summed E-state index contributed by atoms with van der Waals surface area (Å²) in [5.41, 5.74) is -0.529. The van der Waals surface area contributed by atoms with Gasteiger partial charge in [-0.1, -0.05) is 11.6 Å². The first-order valence-electron chi connectivity index (χ1n) is 5.12. The minimum atomic E-state index is -1.32. The lowest BCUT2D eigenvalue weighted by atomic mass is 10.2. The van der Waals surface area contributed by atoms with Crippen LogP contribution < -0.4 is 5.32 Å². The van der Waals surface area contributed by atoms with E-state index in [0.717, 1.165) is 18.5 Å². The third-order valence-electron chi connectivity index (χ3n) is 2.31. The van der Waals surface area contributed by atoms with Crippen LogP contribution in [0.5, 0.6) is 0 Å². The van der Waals surface area contributed by atoms with Crippen LogP contribution in [0.3, 0.4) is 0 Å². The minimum Gasteiger partial charge on any atom is -0.477 e. The third-order valence-corrected chi connectivity index (χ3v) is 3.24. The molecule has 1 heterocycles. The second-order valence-corrected chi connectivity index (χ2v) is 4.89. The van der Waals surface area contributed by atoms with Gasteiger partial charge in [-0.15, -0.1) is 0 Å². The van der Waals surface area contributed by atoms with Crippen molar-refractivity contribution in [3.05, 3.63) is 45.2 Å². The lowest BCUT2D eigenvalue weighted by Crippen LogP contribution is -2.17. The SMILES string of the molecule is O=C(Nc1c(Cl)cc(F)cc1Br)c1nc[nH]c1C(=O)O. The van der Waals surface area contributed by atoms with Crippen molar-refractivity contribution < 1.29 is 19.1 Å². The van der Waals surface area contributed by atoms with E-state index in [1.807, 2.05) is 0 Å². The van der Waals surface area contributed by atoms with E-state index in [1.54, 1.807) is 0 Å². The molecule has 9 heteroatoms. The number of benzene rings is 1. The van der Waals surface area contributed by atoms with E-state index in [0.29, 0.717) is 0 Å². The number of amides is 1. The molecule has 0 atom stereocenters. The fourth-order valence-electron chi connectivity index (χ4n) is 1.46. The van der Waals surface area contributed by atoms with Gasteiger partial charge in [-0.3, -0.25) is 4.79 Å². The van der Waals surface area contributed by atoms with Gasteiger partial charge in [0.15, 0.2) is 11.4 Å². The Balaban J connectivity index is 2.33. The highest BCUT2D eigenvalue weighted by Crippen LogP contribution is 2.32. The Labute approximate surface area is 125 Å². The molecule has 0 saturated carbocycles. The molecule has 0 fully saturated rings. The molecule has 0 spiro atoms. The molecule has 0 aliphatic rings. The largest absolute Gasteiger partial charge is 0.477 e. The summed E-state index contributed by atoms with van der Waals surface area (Å²) in [6.45, 7) is 0. The van der Waals surface area contributed by atoms with Gasteiger partial charge >= 0.3 is 5.97 Å². The molecule has 0 radical (unpaired) electrons. The number of halogens is 3. The van der Waals surface area contributed by atoms with Crippen molar-refractivity contribution in [2.45, 2.75) is 0 Å². The molecule has 1 aromatic carbocycles. The molecule has 3 N–H and O–H groups in total. The van der Waals surface area contributed by atoms with Crippen LogP contribution in [-0.4, -0.2) is 27.0 Å². The van der Waals surface area contributed by atoms with Crippen LogP contribution in [0.4, 0.5) is 10.1 Å². The summed E-state index contributed by atoms with van der Waals surface area (Å²) in [4.78, 5) is 28.8. The third kappa shape index (κ3) is 2.81. The highest BCUT2D eigenvalue weighted by Gasteiger charge is 2.21. The Kier molecular flexibility index (Phi) is 4.05. The first kappa shape index (κ1) is 14.5. The van der Waals surface area contributed by atoms with Crippen molar-refractivity contribution in [1.82, 2.24) is 9.97 Å². The number of aromatic amines is 1. The van der Waals surface area contributed by atoms with Gasteiger partial charge in [0.25, 0.3) is 5.91 Å². The fraction of sp³-hybridized carbons (Fsp3) is 0. The topological polar surface area (TPSA) is 95.1 Å². The number of H-pyrrole nitrogens is 1. The van der Waals surface area contributed by atoms with Crippen molar-refractivity contribution in [3.63, 3.8) is 0 Å². The van der Waals surface area contributed by atoms with Crippen LogP contribution in [0.15, 0.2) is 22.9 Å². The summed E-state index contributed by atoms with van der Waals surface area (Å²) in [7, 11) is 0. The van der Waals surface area contributed by atoms with Crippen molar-refractivity contribution >= 4 is 45.1 Å². The van der Waals surface area contributed by atoms with E-state index >= 15 is 0 Å². The molecule has 1 aromatic heterocycles. The smallest absolute Gasteiger partial charge is 0.354 e. The second-order valence-electron chi connectivity index (χ2n) is 3.63. The van der Waals surface area contributed by atoms with Gasteiger partial charge < -0.3 is 15.4 Å². The monoisotopic (exact) mass is 361 g/mol. The minimum absolute atomic E-state index is 0.0300. The second kappa shape index (κ2) is 5.59. The summed E-state index contributed by atoms with van der Waals surface area (Å²) in [6, 6.07) is 2.13. The van der Waals surface area contributed by atoms with Crippen LogP contribution >= 0.6 is 27.5 Å². The van der Waals surface area contributed by atoms with E-state index in [2.05, 4.69) is 31.2 Å². The zero-order valence-corrected chi connectivity index (χ0v) is 11.9. The van der Waals surface area contributed by atoms with Gasteiger partial charge in [-0.05, 0) is 28.1 Å². The lowest BCUT2D eigenvalue weighted by molar-refractivity contribution is 0.0686. The maximum Gasteiger partial charge on any atom is 0.354 e. The highest BCUT2D eigenvalue weighted by atomic mass is 79.9. The van der Waals surface area contributed by atoms with Gasteiger partial charge in [0.2, 0.25) is 0 Å². The summed E-state index contributed by atoms with van der Waals surface area (Å²) in [6.07, 6.45) is 1.08. The summed E-state index contributed by atoms with van der Waals surface area (Å²) in [5.74, 6) is -2.68. The number of hydrogen-bond donors (Lipinski definition) is 3. The number of carboxylic acid groups (broad SMARTS) is 1. The number of anilines is 1. The maximum absolute atomic E-state index is 13.1. The molecule has 2 aromatic rings. The first-order valence-corrected chi connectivity index (χ1v) is 6.29. The van der Waals surface area contributed by atoms with Crippen LogP contribution in [0.1, 0.15) is 21.0 Å². The Morgan fingerprint density at radius 3 is 2.75 bits per heavy atom. The number of carbonyl (C=O) groups excluding carboxylic acids is 1. The Morgan fingerprint density at radius 2 is 2.15 bits per heavy atom. The first-order chi connectivity index (χ1) is 9.40. The van der Waals surface area contributed by atoms with Gasteiger partial charge in [0, 0.05) is 4.47 Å². The van der Waals surface area contributed by atoms with Gasteiger partial charge in [-0.2, -0.15) is 0 Å². The van der Waals surface area contributed by atoms with Gasteiger partial charge in [0.05, 0.1) is 17.0 Å². The molecule has 0 bridgehead atoms. The number of carboxylic acids is 1. The Hall–Kier alpha value is -1.93. The van der Waals surface area contributed by atoms with Crippen molar-refractivity contribution in [2.24, 2.45) is 0 Å². The van der Waals surface area contributed by atoms with Crippen LogP contribution in [0, 0.1) is 5.82 Å². The molecule has 0 unspecified atom stereocenters. The summed E-state index contributed by atoms with van der Waals surface area (Å²) >= 11 is 8.87. The number of aromatic carboxylic acids is 1. The van der Waals surface area contributed by atoms with E-state index in [4.69, 9.17) is 16.7 Å². The lowest BCUT2D eigenvalue weighted by Gasteiger charge is -2.08. The van der Waals surface area contributed by atoms with Crippen LogP contribution in [0.2, 0.25) is 5.02 Å². The Bertz CT molecular complexity index is 681. The average molecular weight is 363 g/mol. The molecule has 20 heavy (non-hydrogen) atoms. The quantitative estimate of drug-likeness (QED) is 0.782. The number of carbonyl (C=O) groups is 2. The van der Waals surface area contributed by atoms with Crippen LogP contribution in [-0.2, 0) is 0 Å². The number of aromatic nitrogens is 2. The molecule has 6 nitrogen and oxygen atoms in total. The number of nitrogens with one attached hydrogen (secondary N) is 2. The van der Waals surface area contributed by atoms with Gasteiger partial charge in [0.1, 0.15) is 5.82 Å². The number of nitrogens with zero attached hydrogens (tertiary/aromatic N) is 1. The Morgan fingerprint density at radius 1 is 1.45 bits per heavy atom. The molecule has 2 rings (SSSR count). The normalized spacial score (nSPS) is 10.3. The predicted molar refractivity (Wildman–Crippen MR) is 72.6 cm³/mol. The van der Waals surface area contributed by atoms with Crippen molar-refractivity contribution in [2.75, 3.05) is 5.32 Å². The van der Waals surface area contributed by atoms with Crippen LogP contribution in [0.25, 0.3) is 0 Å². The molecular formula is C11H6BrClFN3O3. The van der Waals surface area contributed by atoms with E-state index in [9.17, 15) is 14.0 Å². The fourth-order valence-corrected chi connectivity index (χ4v) is 2.36. The van der Waals surface area contributed by atoms with E-state index in [1.165, 1.54) is 0 Å². The van der Waals surface area contributed by atoms with Crippen molar-refractivity contribution in [1.29, 1.82) is 0 Å². The standard InChI is InChI=1S/C11H6BrClFN3O3/c12-5-1-4(14)2-6(13)7(5)17-10(18)8-9(11(19)20)16-3-15-8/h1-3H,(H,15,16)(H,17,18)(H,19,20). The molecule has 0 aliphatic heterocycles. The average Bonchev–Trinajstić information content (AvgIpc) is 2.82. The van der Waals surface area contributed by atoms with E-state index < -0.39 is 17.7 Å². The molecule has 104 valence electrons. The number of hydrogen-bond acceptors (Lipinski definition) is 3. The summed E-state index contributed by atoms with van der Waals surface area (Å²) < 4.78 is 13.3. The summed E-state index contributed by atoms with van der Waals surface area (Å²) in [5, 5.41) is 11.2. The molecule has 0 saturated heterocycles. The molecule has 0 aliphatic carbocycles. The van der Waals surface area contributed by atoms with Crippen molar-refractivity contribution in [3.8, 4) is 0 Å². The highest BCUT2D eigenvalue weighted by molar-refractivity contribution is 9.10. The molecular weight excluding hydrogens is 356 g/mol. The zero-order chi connectivity index (χ0) is 14.9. The van der Waals surface area contributed by atoms with Gasteiger partial charge in [-0.25, -0.2) is 14.2 Å². The number of imidazole rings is 1. The molecule has 1 amide bonds. The van der Waals surface area contributed by atoms with E-state index in [-0.39, 0.29) is 26.6 Å². The number of rotatable bonds is 3. The predicted octanol–water partition coefficient (Wildman–Crippen LogP) is 2.92. The zero-order valence-electron chi connectivity index (χ0n) is 9.58. The maximum atomic E-state index is 13.1.